The maximum atomic E-state index is 5.95. The fraction of sp³-hybridized carbons (Fsp3) is 0.636. The average Bonchev–Trinajstić information content (AvgIpc) is 2.27. The summed E-state index contributed by atoms with van der Waals surface area (Å²) in [5, 5.41) is 0.823. The van der Waals surface area contributed by atoms with Crippen LogP contribution in [0.15, 0.2) is 16.9 Å². The molecule has 17 heavy (non-hydrogen) atoms. The van der Waals surface area contributed by atoms with Crippen LogP contribution in [0.5, 0.6) is 0 Å². The smallest absolute Gasteiger partial charge is 0.225 e. The minimum absolute atomic E-state index is 0.172. The SMILES string of the molecule is CC1(C)CN(c2ncc(Br)cn2)CC(CBr)O1. The molecule has 94 valence electrons. The van der Waals surface area contributed by atoms with Gasteiger partial charge in [0.1, 0.15) is 0 Å². The first-order valence-corrected chi connectivity index (χ1v) is 7.38. The number of hydrogen-bond donors (Lipinski definition) is 0. The van der Waals surface area contributed by atoms with E-state index in [0.29, 0.717) is 0 Å². The summed E-state index contributed by atoms with van der Waals surface area (Å²) in [5.41, 5.74) is -0.173. The van der Waals surface area contributed by atoms with Crippen molar-refractivity contribution < 1.29 is 4.74 Å². The zero-order valence-corrected chi connectivity index (χ0v) is 13.0. The van der Waals surface area contributed by atoms with Crippen molar-refractivity contribution in [1.29, 1.82) is 0 Å². The molecule has 4 nitrogen and oxygen atoms in total. The highest BCUT2D eigenvalue weighted by Crippen LogP contribution is 2.24. The molecule has 6 heteroatoms. The third kappa shape index (κ3) is 3.39. The lowest BCUT2D eigenvalue weighted by Crippen LogP contribution is -2.53. The van der Waals surface area contributed by atoms with Crippen LogP contribution in [0.4, 0.5) is 5.95 Å². The summed E-state index contributed by atoms with van der Waals surface area (Å²) in [4.78, 5) is 10.8. The number of hydrogen-bond acceptors (Lipinski definition) is 4. The normalized spacial score (nSPS) is 23.8. The number of anilines is 1. The molecule has 1 unspecified atom stereocenters. The van der Waals surface area contributed by atoms with Gasteiger partial charge in [-0.05, 0) is 29.8 Å². The lowest BCUT2D eigenvalue weighted by molar-refractivity contribution is -0.0728. The van der Waals surface area contributed by atoms with E-state index in [1.807, 2.05) is 0 Å². The van der Waals surface area contributed by atoms with Crippen molar-refractivity contribution in [1.82, 2.24) is 9.97 Å². The summed E-state index contributed by atoms with van der Waals surface area (Å²) in [5.74, 6) is 0.760. The second-order valence-electron chi connectivity index (χ2n) is 4.74. The number of morpholine rings is 1. The van der Waals surface area contributed by atoms with Crippen LogP contribution in [-0.4, -0.2) is 40.1 Å². The predicted octanol–water partition coefficient (Wildman–Crippen LogP) is 2.62. The zero-order chi connectivity index (χ0) is 12.5. The van der Waals surface area contributed by atoms with Crippen molar-refractivity contribution in [3.63, 3.8) is 0 Å². The van der Waals surface area contributed by atoms with Crippen molar-refractivity contribution >= 4 is 37.8 Å². The van der Waals surface area contributed by atoms with E-state index in [4.69, 9.17) is 4.74 Å². The standard InChI is InChI=1S/C11H15Br2N3O/c1-11(2)7-16(6-9(3-12)17-11)10-14-4-8(13)5-15-10/h4-5,9H,3,6-7H2,1-2H3. The Morgan fingerprint density at radius 3 is 2.71 bits per heavy atom. The lowest BCUT2D eigenvalue weighted by atomic mass is 10.1. The molecule has 0 aliphatic carbocycles. The molecule has 0 radical (unpaired) electrons. The molecule has 0 bridgehead atoms. The van der Waals surface area contributed by atoms with Gasteiger partial charge in [-0.1, -0.05) is 15.9 Å². The highest BCUT2D eigenvalue weighted by molar-refractivity contribution is 9.10. The number of rotatable bonds is 2. The Morgan fingerprint density at radius 1 is 1.47 bits per heavy atom. The van der Waals surface area contributed by atoms with Crippen LogP contribution in [0, 0.1) is 0 Å². The van der Waals surface area contributed by atoms with Crippen LogP contribution in [-0.2, 0) is 4.74 Å². The van der Waals surface area contributed by atoms with Gasteiger partial charge in [-0.25, -0.2) is 9.97 Å². The Balaban J connectivity index is 2.17. The van der Waals surface area contributed by atoms with E-state index in [1.165, 1.54) is 0 Å². The highest BCUT2D eigenvalue weighted by atomic mass is 79.9. The van der Waals surface area contributed by atoms with E-state index in [1.54, 1.807) is 12.4 Å². The van der Waals surface area contributed by atoms with Crippen molar-refractivity contribution in [2.45, 2.75) is 25.6 Å². The first-order valence-electron chi connectivity index (χ1n) is 5.46. The quantitative estimate of drug-likeness (QED) is 0.756. The molecule has 0 spiro atoms. The Bertz CT molecular complexity index is 383. The highest BCUT2D eigenvalue weighted by Gasteiger charge is 2.33. The van der Waals surface area contributed by atoms with Crippen LogP contribution < -0.4 is 4.90 Å². The molecule has 1 aromatic rings. The molecule has 1 atom stereocenters. The fourth-order valence-electron chi connectivity index (χ4n) is 2.00. The van der Waals surface area contributed by atoms with Crippen molar-refractivity contribution in [3.8, 4) is 0 Å². The summed E-state index contributed by atoms with van der Waals surface area (Å²) in [6.45, 7) is 5.80. The van der Waals surface area contributed by atoms with E-state index in [0.717, 1.165) is 28.8 Å². The molecule has 1 aromatic heterocycles. The molecule has 1 aliphatic rings. The van der Waals surface area contributed by atoms with Gasteiger partial charge in [0.05, 0.1) is 16.2 Å². The molecule has 0 amide bonds. The topological polar surface area (TPSA) is 38.2 Å². The molecular weight excluding hydrogens is 350 g/mol. The van der Waals surface area contributed by atoms with Gasteiger partial charge in [-0.3, -0.25) is 0 Å². The van der Waals surface area contributed by atoms with Crippen molar-refractivity contribution in [2.24, 2.45) is 0 Å². The maximum absolute atomic E-state index is 5.95. The van der Waals surface area contributed by atoms with E-state index >= 15 is 0 Å². The number of aromatic nitrogens is 2. The van der Waals surface area contributed by atoms with Crippen molar-refractivity contribution in [2.75, 3.05) is 23.3 Å². The maximum Gasteiger partial charge on any atom is 0.225 e. The van der Waals surface area contributed by atoms with Gasteiger partial charge >= 0.3 is 0 Å². The van der Waals surface area contributed by atoms with Gasteiger partial charge in [0.25, 0.3) is 0 Å². The van der Waals surface area contributed by atoms with Gasteiger partial charge in [-0.15, -0.1) is 0 Å². The van der Waals surface area contributed by atoms with Gasteiger partial charge in [0, 0.05) is 30.8 Å². The van der Waals surface area contributed by atoms with Crippen LogP contribution in [0.3, 0.4) is 0 Å². The average molecular weight is 365 g/mol. The van der Waals surface area contributed by atoms with Gasteiger partial charge in [-0.2, -0.15) is 0 Å². The minimum Gasteiger partial charge on any atom is -0.368 e. The monoisotopic (exact) mass is 363 g/mol. The summed E-state index contributed by atoms with van der Waals surface area (Å²) < 4.78 is 6.84. The van der Waals surface area contributed by atoms with Crippen LogP contribution in [0.25, 0.3) is 0 Å². The number of nitrogens with zero attached hydrogens (tertiary/aromatic N) is 3. The first kappa shape index (κ1) is 13.2. The molecule has 0 saturated carbocycles. The third-order valence-corrected chi connectivity index (χ3v) is 3.67. The fourth-order valence-corrected chi connectivity index (χ4v) is 2.54. The molecular formula is C11H15Br2N3O. The molecule has 1 aliphatic heterocycles. The van der Waals surface area contributed by atoms with Crippen molar-refractivity contribution in [3.05, 3.63) is 16.9 Å². The molecule has 2 rings (SSSR count). The zero-order valence-electron chi connectivity index (χ0n) is 9.86. The van der Waals surface area contributed by atoms with E-state index in [2.05, 4.69) is 60.6 Å². The Hall–Kier alpha value is -0.200. The second-order valence-corrected chi connectivity index (χ2v) is 6.30. The Kier molecular flexibility index (Phi) is 4.05. The number of alkyl halides is 1. The summed E-state index contributed by atoms with van der Waals surface area (Å²) in [7, 11) is 0. The molecule has 1 saturated heterocycles. The van der Waals surface area contributed by atoms with Gasteiger partial charge < -0.3 is 9.64 Å². The van der Waals surface area contributed by atoms with E-state index < -0.39 is 0 Å². The molecule has 0 aromatic carbocycles. The Morgan fingerprint density at radius 2 is 2.12 bits per heavy atom. The van der Waals surface area contributed by atoms with Crippen LogP contribution in [0.2, 0.25) is 0 Å². The van der Waals surface area contributed by atoms with E-state index in [-0.39, 0.29) is 11.7 Å². The Labute approximate surface area is 118 Å². The second kappa shape index (κ2) is 5.20. The van der Waals surface area contributed by atoms with Crippen LogP contribution in [0.1, 0.15) is 13.8 Å². The van der Waals surface area contributed by atoms with Gasteiger partial charge in [0.15, 0.2) is 0 Å². The summed E-state index contributed by atoms with van der Waals surface area (Å²) >= 11 is 6.82. The summed E-state index contributed by atoms with van der Waals surface area (Å²) in [6, 6.07) is 0. The molecule has 2 heterocycles. The first-order chi connectivity index (χ1) is 8.00. The molecule has 1 fully saturated rings. The summed E-state index contributed by atoms with van der Waals surface area (Å²) in [6.07, 6.45) is 3.72. The minimum atomic E-state index is -0.173. The number of halogens is 2. The molecule has 0 N–H and O–H groups in total. The number of ether oxygens (including phenoxy) is 1. The lowest BCUT2D eigenvalue weighted by Gasteiger charge is -2.42. The predicted molar refractivity (Wildman–Crippen MR) is 74.7 cm³/mol. The van der Waals surface area contributed by atoms with E-state index in [9.17, 15) is 0 Å². The van der Waals surface area contributed by atoms with Gasteiger partial charge in [0.2, 0.25) is 5.95 Å². The largest absolute Gasteiger partial charge is 0.368 e. The van der Waals surface area contributed by atoms with Crippen LogP contribution >= 0.6 is 31.9 Å². The third-order valence-electron chi connectivity index (χ3n) is 2.54.